The third-order valence-electron chi connectivity index (χ3n) is 3.01. The Kier molecular flexibility index (Phi) is 5.02. The van der Waals surface area contributed by atoms with Crippen molar-refractivity contribution < 1.29 is 14.3 Å². The maximum atomic E-state index is 11.8. The smallest absolute Gasteiger partial charge is 0.223 e. The van der Waals surface area contributed by atoms with Crippen molar-refractivity contribution in [3.8, 4) is 5.75 Å². The fraction of sp³-hybridized carbons (Fsp3) is 0.500. The van der Waals surface area contributed by atoms with Crippen molar-refractivity contribution in [1.82, 2.24) is 5.32 Å². The summed E-state index contributed by atoms with van der Waals surface area (Å²) in [6, 6.07) is 9.60. The van der Waals surface area contributed by atoms with Crippen LogP contribution in [0.4, 0.5) is 0 Å². The topological polar surface area (TPSA) is 47.6 Å². The number of nitrogens with one attached hydrogen (secondary N) is 1. The van der Waals surface area contributed by atoms with E-state index in [1.807, 2.05) is 30.3 Å². The van der Waals surface area contributed by atoms with Crippen LogP contribution in [0.15, 0.2) is 30.3 Å². The molecule has 1 fully saturated rings. The van der Waals surface area contributed by atoms with E-state index in [-0.39, 0.29) is 11.8 Å². The first-order valence-electron chi connectivity index (χ1n) is 6.39. The molecule has 1 aliphatic heterocycles. The van der Waals surface area contributed by atoms with Gasteiger partial charge in [-0.05, 0) is 25.0 Å². The van der Waals surface area contributed by atoms with Gasteiger partial charge in [0.1, 0.15) is 12.4 Å². The van der Waals surface area contributed by atoms with Crippen molar-refractivity contribution in [3.05, 3.63) is 30.3 Å². The largest absolute Gasteiger partial charge is 0.492 e. The van der Waals surface area contributed by atoms with E-state index in [2.05, 4.69) is 5.32 Å². The molecule has 4 heteroatoms. The first-order chi connectivity index (χ1) is 8.86. The summed E-state index contributed by atoms with van der Waals surface area (Å²) in [4.78, 5) is 11.8. The molecule has 98 valence electrons. The van der Waals surface area contributed by atoms with Gasteiger partial charge in [-0.3, -0.25) is 4.79 Å². The number of carbonyl (C=O) groups is 1. The second-order valence-corrected chi connectivity index (χ2v) is 4.34. The third-order valence-corrected chi connectivity index (χ3v) is 3.01. The summed E-state index contributed by atoms with van der Waals surface area (Å²) >= 11 is 0. The Morgan fingerprint density at radius 2 is 2.00 bits per heavy atom. The van der Waals surface area contributed by atoms with Crippen LogP contribution in [0.3, 0.4) is 0 Å². The van der Waals surface area contributed by atoms with Gasteiger partial charge in [0.25, 0.3) is 0 Å². The zero-order chi connectivity index (χ0) is 12.6. The maximum absolute atomic E-state index is 11.8. The van der Waals surface area contributed by atoms with Crippen molar-refractivity contribution in [2.24, 2.45) is 5.92 Å². The summed E-state index contributed by atoms with van der Waals surface area (Å²) in [6.07, 6.45) is 1.65. The molecule has 0 aromatic heterocycles. The highest BCUT2D eigenvalue weighted by Crippen LogP contribution is 2.14. The highest BCUT2D eigenvalue weighted by Gasteiger charge is 2.20. The van der Waals surface area contributed by atoms with Gasteiger partial charge in [-0.2, -0.15) is 0 Å². The van der Waals surface area contributed by atoms with E-state index >= 15 is 0 Å². The van der Waals surface area contributed by atoms with E-state index in [1.54, 1.807) is 0 Å². The van der Waals surface area contributed by atoms with Crippen molar-refractivity contribution in [2.45, 2.75) is 12.8 Å². The molecule has 1 aromatic rings. The van der Waals surface area contributed by atoms with E-state index in [4.69, 9.17) is 9.47 Å². The van der Waals surface area contributed by atoms with Gasteiger partial charge in [0.05, 0.1) is 6.54 Å². The molecule has 0 aliphatic carbocycles. The highest BCUT2D eigenvalue weighted by atomic mass is 16.5. The number of para-hydroxylation sites is 1. The van der Waals surface area contributed by atoms with Crippen LogP contribution in [-0.4, -0.2) is 32.3 Å². The minimum Gasteiger partial charge on any atom is -0.492 e. The molecule has 1 amide bonds. The molecule has 0 atom stereocenters. The summed E-state index contributed by atoms with van der Waals surface area (Å²) in [5.74, 6) is 1.06. The lowest BCUT2D eigenvalue weighted by molar-refractivity contribution is -0.127. The summed E-state index contributed by atoms with van der Waals surface area (Å²) in [7, 11) is 0. The van der Waals surface area contributed by atoms with E-state index in [1.165, 1.54) is 0 Å². The van der Waals surface area contributed by atoms with Gasteiger partial charge < -0.3 is 14.8 Å². The zero-order valence-electron chi connectivity index (χ0n) is 10.4. The van der Waals surface area contributed by atoms with Crippen LogP contribution in [0.5, 0.6) is 5.75 Å². The van der Waals surface area contributed by atoms with Gasteiger partial charge in [-0.15, -0.1) is 0 Å². The number of hydrogen-bond donors (Lipinski definition) is 1. The van der Waals surface area contributed by atoms with Gasteiger partial charge >= 0.3 is 0 Å². The van der Waals surface area contributed by atoms with E-state index in [0.29, 0.717) is 26.4 Å². The Morgan fingerprint density at radius 3 is 2.72 bits per heavy atom. The van der Waals surface area contributed by atoms with Crippen molar-refractivity contribution in [2.75, 3.05) is 26.4 Å². The van der Waals surface area contributed by atoms with Crippen LogP contribution >= 0.6 is 0 Å². The van der Waals surface area contributed by atoms with Crippen molar-refractivity contribution in [3.63, 3.8) is 0 Å². The number of carbonyl (C=O) groups excluding carboxylic acids is 1. The van der Waals surface area contributed by atoms with Gasteiger partial charge in [-0.25, -0.2) is 0 Å². The standard InChI is InChI=1S/C14H19NO3/c16-14(12-6-9-17-10-7-12)15-8-11-18-13-4-2-1-3-5-13/h1-5,12H,6-11H2,(H,15,16). The molecule has 0 spiro atoms. The van der Waals surface area contributed by atoms with E-state index in [0.717, 1.165) is 18.6 Å². The average molecular weight is 249 g/mol. The minimum absolute atomic E-state index is 0.107. The molecule has 0 unspecified atom stereocenters. The molecule has 4 nitrogen and oxygen atoms in total. The molecule has 0 bridgehead atoms. The number of hydrogen-bond acceptors (Lipinski definition) is 3. The monoisotopic (exact) mass is 249 g/mol. The Labute approximate surface area is 107 Å². The van der Waals surface area contributed by atoms with Gasteiger partial charge in [0, 0.05) is 19.1 Å². The maximum Gasteiger partial charge on any atom is 0.223 e. The number of rotatable bonds is 5. The summed E-state index contributed by atoms with van der Waals surface area (Å²) in [6.45, 7) is 2.43. The van der Waals surface area contributed by atoms with Crippen molar-refractivity contribution >= 4 is 5.91 Å². The Hall–Kier alpha value is -1.55. The highest BCUT2D eigenvalue weighted by molar-refractivity contribution is 5.78. The molecule has 0 saturated carbocycles. The first-order valence-corrected chi connectivity index (χ1v) is 6.39. The summed E-state index contributed by atoms with van der Waals surface area (Å²) in [5.41, 5.74) is 0. The Morgan fingerprint density at radius 1 is 1.28 bits per heavy atom. The number of amides is 1. The van der Waals surface area contributed by atoms with Gasteiger partial charge in [0.15, 0.2) is 0 Å². The molecule has 0 radical (unpaired) electrons. The molecule has 2 rings (SSSR count). The lowest BCUT2D eigenvalue weighted by atomic mass is 9.99. The lowest BCUT2D eigenvalue weighted by Crippen LogP contribution is -2.36. The van der Waals surface area contributed by atoms with Crippen LogP contribution in [0, 0.1) is 5.92 Å². The summed E-state index contributed by atoms with van der Waals surface area (Å²) in [5, 5.41) is 2.90. The van der Waals surface area contributed by atoms with Crippen LogP contribution < -0.4 is 10.1 Å². The second kappa shape index (κ2) is 7.01. The van der Waals surface area contributed by atoms with Crippen LogP contribution in [0.1, 0.15) is 12.8 Å². The number of ether oxygens (including phenoxy) is 2. The fourth-order valence-electron chi connectivity index (χ4n) is 1.96. The molecule has 1 heterocycles. The second-order valence-electron chi connectivity index (χ2n) is 4.34. The molecule has 18 heavy (non-hydrogen) atoms. The normalized spacial score (nSPS) is 16.2. The molecule has 1 aromatic carbocycles. The molecular weight excluding hydrogens is 230 g/mol. The molecule has 1 saturated heterocycles. The quantitative estimate of drug-likeness (QED) is 0.806. The van der Waals surface area contributed by atoms with E-state index < -0.39 is 0 Å². The minimum atomic E-state index is 0.107. The first kappa shape index (κ1) is 12.9. The van der Waals surface area contributed by atoms with Crippen LogP contribution in [0.25, 0.3) is 0 Å². The zero-order valence-corrected chi connectivity index (χ0v) is 10.4. The van der Waals surface area contributed by atoms with Crippen LogP contribution in [-0.2, 0) is 9.53 Å². The Bertz CT molecular complexity index is 361. The predicted molar refractivity (Wildman–Crippen MR) is 68.5 cm³/mol. The van der Waals surface area contributed by atoms with Crippen molar-refractivity contribution in [1.29, 1.82) is 0 Å². The third kappa shape index (κ3) is 4.04. The molecule has 1 N–H and O–H groups in total. The lowest BCUT2D eigenvalue weighted by Gasteiger charge is -2.21. The van der Waals surface area contributed by atoms with Gasteiger partial charge in [-0.1, -0.05) is 18.2 Å². The molecule has 1 aliphatic rings. The van der Waals surface area contributed by atoms with E-state index in [9.17, 15) is 4.79 Å². The predicted octanol–water partition coefficient (Wildman–Crippen LogP) is 1.61. The fourth-order valence-corrected chi connectivity index (χ4v) is 1.96. The molecular formula is C14H19NO3. The average Bonchev–Trinajstić information content (AvgIpc) is 2.45. The Balaban J connectivity index is 1.61. The SMILES string of the molecule is O=C(NCCOc1ccccc1)C1CCOCC1. The number of benzene rings is 1. The summed E-state index contributed by atoms with van der Waals surface area (Å²) < 4.78 is 10.7. The van der Waals surface area contributed by atoms with Gasteiger partial charge in [0.2, 0.25) is 5.91 Å². The van der Waals surface area contributed by atoms with Crippen LogP contribution in [0.2, 0.25) is 0 Å².